The Morgan fingerprint density at radius 2 is 1.13 bits per heavy atom. The van der Waals surface area contributed by atoms with Gasteiger partial charge in [0.1, 0.15) is 0 Å². The average Bonchev–Trinajstić information content (AvgIpc) is 2.84. The zero-order chi connectivity index (χ0) is 20.8. The van der Waals surface area contributed by atoms with Crippen molar-refractivity contribution in [1.29, 1.82) is 0 Å². The van der Waals surface area contributed by atoms with Crippen LogP contribution < -0.4 is 4.90 Å². The molecular weight excluding hydrogens is 442 g/mol. The molecule has 6 aromatic carbocycles. The van der Waals surface area contributed by atoms with E-state index in [4.69, 9.17) is 0 Å². The van der Waals surface area contributed by atoms with Crippen LogP contribution in [0.1, 0.15) is 5.56 Å². The molecule has 0 atom stereocenters. The maximum atomic E-state index is 3.57. The van der Waals surface area contributed by atoms with E-state index in [0.29, 0.717) is 0 Å². The highest BCUT2D eigenvalue weighted by atomic mass is 79.9. The van der Waals surface area contributed by atoms with E-state index in [-0.39, 0.29) is 0 Å². The normalized spacial score (nSPS) is 11.5. The third-order valence-corrected chi connectivity index (χ3v) is 6.76. The number of hydrogen-bond donors (Lipinski definition) is 0. The van der Waals surface area contributed by atoms with E-state index in [0.717, 1.165) is 16.7 Å². The Bertz CT molecular complexity index is 1490. The minimum atomic E-state index is 0.858. The topological polar surface area (TPSA) is 3.24 Å². The molecule has 0 unspecified atom stereocenters. The van der Waals surface area contributed by atoms with Crippen LogP contribution in [0.4, 0.5) is 17.1 Å². The van der Waals surface area contributed by atoms with Crippen molar-refractivity contribution in [3.05, 3.63) is 115 Å². The van der Waals surface area contributed by atoms with Crippen LogP contribution in [0, 0.1) is 0 Å². The molecule has 0 saturated heterocycles. The molecule has 148 valence electrons. The van der Waals surface area contributed by atoms with Gasteiger partial charge in [-0.1, -0.05) is 94.8 Å². The van der Waals surface area contributed by atoms with Gasteiger partial charge >= 0.3 is 0 Å². The Balaban J connectivity index is 1.67. The molecule has 0 fully saturated rings. The molecule has 0 heterocycles. The standard InChI is InChI=1S/C29H20BrN/c30-19-20-9-15-25(16-10-20)31(24-7-2-1-3-8-24)27-18-14-23-12-11-21-5-4-6-22-13-17-26(27)29(23)28(21)22/h1-18H,19H2. The smallest absolute Gasteiger partial charge is 0.0540 e. The minimum absolute atomic E-state index is 0.858. The first kappa shape index (κ1) is 18.4. The van der Waals surface area contributed by atoms with Gasteiger partial charge in [0.2, 0.25) is 0 Å². The molecule has 0 bridgehead atoms. The van der Waals surface area contributed by atoms with Crippen LogP contribution in [0.25, 0.3) is 32.3 Å². The van der Waals surface area contributed by atoms with Crippen molar-refractivity contribution in [2.75, 3.05) is 4.90 Å². The maximum absolute atomic E-state index is 3.57. The summed E-state index contributed by atoms with van der Waals surface area (Å²) in [6.45, 7) is 0. The lowest BCUT2D eigenvalue weighted by Gasteiger charge is -2.27. The summed E-state index contributed by atoms with van der Waals surface area (Å²) in [4.78, 5) is 2.36. The molecular formula is C29H20BrN. The molecule has 0 spiro atoms. The highest BCUT2D eigenvalue weighted by Gasteiger charge is 2.17. The fourth-order valence-corrected chi connectivity index (χ4v) is 5.03. The summed E-state index contributed by atoms with van der Waals surface area (Å²) in [6, 6.07) is 39.5. The minimum Gasteiger partial charge on any atom is -0.310 e. The van der Waals surface area contributed by atoms with Crippen molar-refractivity contribution in [3.8, 4) is 0 Å². The largest absolute Gasteiger partial charge is 0.310 e. The van der Waals surface area contributed by atoms with E-state index in [1.807, 2.05) is 0 Å². The van der Waals surface area contributed by atoms with Crippen molar-refractivity contribution < 1.29 is 0 Å². The van der Waals surface area contributed by atoms with Crippen LogP contribution in [0.5, 0.6) is 0 Å². The predicted octanol–water partition coefficient (Wildman–Crippen LogP) is 8.95. The fourth-order valence-electron chi connectivity index (χ4n) is 4.65. The lowest BCUT2D eigenvalue weighted by atomic mass is 9.93. The van der Waals surface area contributed by atoms with Crippen LogP contribution >= 0.6 is 15.9 Å². The molecule has 0 N–H and O–H groups in total. The summed E-state index contributed by atoms with van der Waals surface area (Å²) < 4.78 is 0. The summed E-state index contributed by atoms with van der Waals surface area (Å²) in [7, 11) is 0. The molecule has 1 nitrogen and oxygen atoms in total. The number of halogens is 1. The van der Waals surface area contributed by atoms with Gasteiger partial charge in [0, 0.05) is 22.1 Å². The maximum Gasteiger partial charge on any atom is 0.0540 e. The molecule has 0 radical (unpaired) electrons. The van der Waals surface area contributed by atoms with E-state index >= 15 is 0 Å². The summed E-state index contributed by atoms with van der Waals surface area (Å²) >= 11 is 3.57. The Hall–Kier alpha value is -3.36. The number of rotatable bonds is 4. The second-order valence-electron chi connectivity index (χ2n) is 7.91. The van der Waals surface area contributed by atoms with Crippen LogP contribution in [0.2, 0.25) is 0 Å². The van der Waals surface area contributed by atoms with Crippen LogP contribution in [0.3, 0.4) is 0 Å². The summed E-state index contributed by atoms with van der Waals surface area (Å²) in [6.07, 6.45) is 0. The van der Waals surface area contributed by atoms with Crippen molar-refractivity contribution in [3.63, 3.8) is 0 Å². The van der Waals surface area contributed by atoms with Gasteiger partial charge in [-0.3, -0.25) is 0 Å². The summed E-state index contributed by atoms with van der Waals surface area (Å²) in [5.74, 6) is 0. The third kappa shape index (κ3) is 2.98. The molecule has 0 aliphatic heterocycles. The molecule has 2 heteroatoms. The Labute approximate surface area is 190 Å². The SMILES string of the molecule is BrCc1ccc(N(c2ccccc2)c2ccc3ccc4cccc5ccc2c3c45)cc1. The third-order valence-electron chi connectivity index (χ3n) is 6.11. The summed E-state index contributed by atoms with van der Waals surface area (Å²) in [5.41, 5.74) is 4.78. The van der Waals surface area contributed by atoms with E-state index in [1.54, 1.807) is 0 Å². The van der Waals surface area contributed by atoms with E-state index < -0.39 is 0 Å². The molecule has 0 amide bonds. The molecule has 0 aliphatic carbocycles. The molecule has 6 aromatic rings. The fraction of sp³-hybridized carbons (Fsp3) is 0.0345. The van der Waals surface area contributed by atoms with E-state index in [1.165, 1.54) is 43.6 Å². The lowest BCUT2D eigenvalue weighted by molar-refractivity contribution is 1.29. The first-order chi connectivity index (χ1) is 15.3. The molecule has 0 aromatic heterocycles. The molecule has 0 aliphatic rings. The highest BCUT2D eigenvalue weighted by Crippen LogP contribution is 2.43. The zero-order valence-electron chi connectivity index (χ0n) is 16.9. The van der Waals surface area contributed by atoms with Gasteiger partial charge in [-0.2, -0.15) is 0 Å². The van der Waals surface area contributed by atoms with Crippen molar-refractivity contribution in [1.82, 2.24) is 0 Å². The Morgan fingerprint density at radius 1 is 0.516 bits per heavy atom. The Morgan fingerprint density at radius 3 is 1.84 bits per heavy atom. The highest BCUT2D eigenvalue weighted by molar-refractivity contribution is 9.08. The molecule has 6 rings (SSSR count). The zero-order valence-corrected chi connectivity index (χ0v) is 18.5. The van der Waals surface area contributed by atoms with Crippen molar-refractivity contribution in [2.24, 2.45) is 0 Å². The van der Waals surface area contributed by atoms with Gasteiger partial charge < -0.3 is 4.90 Å². The van der Waals surface area contributed by atoms with Crippen molar-refractivity contribution in [2.45, 2.75) is 5.33 Å². The quantitative estimate of drug-likeness (QED) is 0.187. The molecule has 31 heavy (non-hydrogen) atoms. The second kappa shape index (κ2) is 7.40. The first-order valence-electron chi connectivity index (χ1n) is 10.5. The monoisotopic (exact) mass is 461 g/mol. The van der Waals surface area contributed by atoms with Gasteiger partial charge in [-0.15, -0.1) is 0 Å². The van der Waals surface area contributed by atoms with Crippen molar-refractivity contribution >= 4 is 65.3 Å². The number of alkyl halides is 1. The van der Waals surface area contributed by atoms with Gasteiger partial charge in [0.05, 0.1) is 5.69 Å². The number of anilines is 3. The van der Waals surface area contributed by atoms with Gasteiger partial charge in [0.15, 0.2) is 0 Å². The number of nitrogens with zero attached hydrogens (tertiary/aromatic N) is 1. The molecule has 0 saturated carbocycles. The summed E-state index contributed by atoms with van der Waals surface area (Å²) in [5, 5.41) is 8.69. The number of hydrogen-bond acceptors (Lipinski definition) is 1. The van der Waals surface area contributed by atoms with E-state index in [9.17, 15) is 0 Å². The van der Waals surface area contributed by atoms with Gasteiger partial charge in [-0.25, -0.2) is 0 Å². The number of benzene rings is 6. The average molecular weight is 462 g/mol. The Kier molecular flexibility index (Phi) is 4.40. The second-order valence-corrected chi connectivity index (χ2v) is 8.47. The first-order valence-corrected chi connectivity index (χ1v) is 11.6. The van der Waals surface area contributed by atoms with Gasteiger partial charge in [0.25, 0.3) is 0 Å². The van der Waals surface area contributed by atoms with E-state index in [2.05, 4.69) is 130 Å². The van der Waals surface area contributed by atoms with Crippen LogP contribution in [0.15, 0.2) is 109 Å². The van der Waals surface area contributed by atoms with Gasteiger partial charge in [-0.05, 0) is 62.8 Å². The predicted molar refractivity (Wildman–Crippen MR) is 137 cm³/mol. The van der Waals surface area contributed by atoms with Crippen LogP contribution in [-0.4, -0.2) is 0 Å². The lowest BCUT2D eigenvalue weighted by Crippen LogP contribution is -2.10. The van der Waals surface area contributed by atoms with Crippen LogP contribution in [-0.2, 0) is 5.33 Å². The number of para-hydroxylation sites is 1.